The second-order valence-electron chi connectivity index (χ2n) is 8.89. The van der Waals surface area contributed by atoms with Crippen molar-refractivity contribution in [2.75, 3.05) is 7.11 Å². The van der Waals surface area contributed by atoms with Crippen molar-refractivity contribution in [1.29, 1.82) is 0 Å². The first-order valence-electron chi connectivity index (χ1n) is 11.8. The highest BCUT2D eigenvalue weighted by Crippen LogP contribution is 2.38. The number of amides is 4. The molecule has 2 fully saturated rings. The lowest BCUT2D eigenvalue weighted by atomic mass is 10.0. The van der Waals surface area contributed by atoms with E-state index in [1.54, 1.807) is 12.1 Å². The number of hydrogen-bond donors (Lipinski definition) is 1. The largest absolute Gasteiger partial charge is 0.493 e. The Bertz CT molecular complexity index is 1390. The fraction of sp³-hybridized carbons (Fsp3) is 0.250. The molecule has 1 N–H and O–H groups in total. The molecule has 184 valence electrons. The first-order valence-corrected chi connectivity index (χ1v) is 12.2. The number of carbonyl (C=O) groups excluding carboxylic acids is 3. The van der Waals surface area contributed by atoms with Gasteiger partial charge in [0, 0.05) is 6.04 Å². The van der Waals surface area contributed by atoms with Crippen molar-refractivity contribution >= 4 is 46.3 Å². The Kier molecular flexibility index (Phi) is 6.65. The van der Waals surface area contributed by atoms with Gasteiger partial charge in [0.25, 0.3) is 11.8 Å². The maximum Gasteiger partial charge on any atom is 0.331 e. The van der Waals surface area contributed by atoms with Crippen molar-refractivity contribution in [3.8, 4) is 11.5 Å². The van der Waals surface area contributed by atoms with Crippen LogP contribution in [0.5, 0.6) is 11.5 Å². The molecular formula is C28H25ClN2O5. The predicted molar refractivity (Wildman–Crippen MR) is 137 cm³/mol. The Morgan fingerprint density at radius 3 is 2.58 bits per heavy atom. The van der Waals surface area contributed by atoms with Crippen LogP contribution in [0.2, 0.25) is 5.02 Å². The summed E-state index contributed by atoms with van der Waals surface area (Å²) in [6.07, 6.45) is 4.80. The summed E-state index contributed by atoms with van der Waals surface area (Å²) >= 11 is 6.56. The summed E-state index contributed by atoms with van der Waals surface area (Å²) in [6, 6.07) is 16.4. The molecule has 7 nitrogen and oxygen atoms in total. The van der Waals surface area contributed by atoms with E-state index in [0.717, 1.165) is 42.0 Å². The van der Waals surface area contributed by atoms with Crippen LogP contribution in [0, 0.1) is 0 Å². The first-order chi connectivity index (χ1) is 17.5. The summed E-state index contributed by atoms with van der Waals surface area (Å²) < 4.78 is 11.6. The average Bonchev–Trinajstić information content (AvgIpc) is 3.40. The van der Waals surface area contributed by atoms with Gasteiger partial charge in [-0.3, -0.25) is 19.8 Å². The van der Waals surface area contributed by atoms with Crippen LogP contribution in [0.1, 0.15) is 36.8 Å². The smallest absolute Gasteiger partial charge is 0.331 e. The number of rotatable bonds is 6. The number of ether oxygens (including phenoxy) is 2. The number of nitrogens with zero attached hydrogens (tertiary/aromatic N) is 1. The molecule has 1 aliphatic carbocycles. The monoisotopic (exact) mass is 504 g/mol. The average molecular weight is 505 g/mol. The van der Waals surface area contributed by atoms with Gasteiger partial charge in [-0.1, -0.05) is 66.9 Å². The number of benzene rings is 3. The number of urea groups is 1. The van der Waals surface area contributed by atoms with Gasteiger partial charge in [0.2, 0.25) is 0 Å². The minimum absolute atomic E-state index is 0.121. The molecule has 0 unspecified atom stereocenters. The summed E-state index contributed by atoms with van der Waals surface area (Å²) in [5.41, 5.74) is 1.36. The third-order valence-corrected chi connectivity index (χ3v) is 6.92. The minimum atomic E-state index is -0.731. The highest BCUT2D eigenvalue weighted by molar-refractivity contribution is 6.33. The van der Waals surface area contributed by atoms with E-state index in [1.807, 2.05) is 42.5 Å². The number of halogens is 1. The Morgan fingerprint density at radius 2 is 1.81 bits per heavy atom. The Morgan fingerprint density at radius 1 is 1.06 bits per heavy atom. The second-order valence-corrected chi connectivity index (χ2v) is 9.30. The molecule has 3 aromatic carbocycles. The molecule has 0 bridgehead atoms. The van der Waals surface area contributed by atoms with Gasteiger partial charge in [0.05, 0.1) is 12.1 Å². The molecule has 4 amide bonds. The summed E-state index contributed by atoms with van der Waals surface area (Å²) in [5, 5.41) is 4.75. The third-order valence-electron chi connectivity index (χ3n) is 6.64. The van der Waals surface area contributed by atoms with Crippen molar-refractivity contribution in [2.45, 2.75) is 38.3 Å². The van der Waals surface area contributed by atoms with Crippen molar-refractivity contribution in [3.63, 3.8) is 0 Å². The summed E-state index contributed by atoms with van der Waals surface area (Å²) in [6.45, 7) is 0.275. The van der Waals surface area contributed by atoms with Gasteiger partial charge in [-0.2, -0.15) is 0 Å². The number of hydrogen-bond acceptors (Lipinski definition) is 5. The Hall–Kier alpha value is -3.84. The number of carbonyl (C=O) groups is 3. The normalized spacial score (nSPS) is 17.7. The molecule has 8 heteroatoms. The van der Waals surface area contributed by atoms with E-state index in [2.05, 4.69) is 5.32 Å². The highest BCUT2D eigenvalue weighted by atomic mass is 35.5. The zero-order valence-corrected chi connectivity index (χ0v) is 20.5. The zero-order valence-electron chi connectivity index (χ0n) is 19.8. The number of imide groups is 2. The van der Waals surface area contributed by atoms with Gasteiger partial charge in [0.1, 0.15) is 12.2 Å². The van der Waals surface area contributed by atoms with Gasteiger partial charge in [0.15, 0.2) is 11.5 Å². The molecule has 36 heavy (non-hydrogen) atoms. The van der Waals surface area contributed by atoms with E-state index >= 15 is 0 Å². The molecule has 1 saturated carbocycles. The van der Waals surface area contributed by atoms with Crippen LogP contribution in [-0.4, -0.2) is 35.9 Å². The first kappa shape index (κ1) is 23.9. The number of barbiturate groups is 1. The van der Waals surface area contributed by atoms with E-state index in [-0.39, 0.29) is 23.2 Å². The third kappa shape index (κ3) is 4.54. The topological polar surface area (TPSA) is 84.9 Å². The molecule has 1 saturated heterocycles. The zero-order chi connectivity index (χ0) is 25.2. The minimum Gasteiger partial charge on any atom is -0.493 e. The van der Waals surface area contributed by atoms with Crippen LogP contribution in [0.3, 0.4) is 0 Å². The van der Waals surface area contributed by atoms with Gasteiger partial charge in [-0.25, -0.2) is 4.79 Å². The molecule has 0 radical (unpaired) electrons. The van der Waals surface area contributed by atoms with Crippen LogP contribution < -0.4 is 14.8 Å². The van der Waals surface area contributed by atoms with E-state index in [9.17, 15) is 14.4 Å². The lowest BCUT2D eigenvalue weighted by Crippen LogP contribution is -2.57. The van der Waals surface area contributed by atoms with Crippen LogP contribution >= 0.6 is 11.6 Å². The van der Waals surface area contributed by atoms with Crippen LogP contribution in [-0.2, 0) is 16.2 Å². The predicted octanol–water partition coefficient (Wildman–Crippen LogP) is 5.49. The van der Waals surface area contributed by atoms with Gasteiger partial charge >= 0.3 is 6.03 Å². The van der Waals surface area contributed by atoms with E-state index in [4.69, 9.17) is 21.1 Å². The molecule has 0 aromatic heterocycles. The fourth-order valence-electron chi connectivity index (χ4n) is 4.86. The summed E-state index contributed by atoms with van der Waals surface area (Å²) in [4.78, 5) is 39.1. The van der Waals surface area contributed by atoms with Crippen molar-refractivity contribution in [1.82, 2.24) is 10.2 Å². The van der Waals surface area contributed by atoms with Crippen molar-refractivity contribution in [3.05, 3.63) is 76.3 Å². The maximum atomic E-state index is 13.1. The van der Waals surface area contributed by atoms with Crippen LogP contribution in [0.25, 0.3) is 16.8 Å². The molecule has 0 atom stereocenters. The molecule has 5 rings (SSSR count). The summed E-state index contributed by atoms with van der Waals surface area (Å²) in [5.74, 6) is -0.606. The molecule has 0 spiro atoms. The fourth-order valence-corrected chi connectivity index (χ4v) is 5.14. The lowest BCUT2D eigenvalue weighted by molar-refractivity contribution is -0.131. The summed E-state index contributed by atoms with van der Waals surface area (Å²) in [7, 11) is 1.49. The Balaban J connectivity index is 1.42. The maximum absolute atomic E-state index is 13.1. The number of nitrogens with one attached hydrogen (secondary N) is 1. The second kappa shape index (κ2) is 10.0. The quantitative estimate of drug-likeness (QED) is 0.354. The number of methoxy groups -OCH3 is 1. The van der Waals surface area contributed by atoms with E-state index in [1.165, 1.54) is 18.1 Å². The Labute approximate surface area is 213 Å². The van der Waals surface area contributed by atoms with E-state index in [0.29, 0.717) is 17.1 Å². The standard InChI is InChI=1S/C28H25ClN2O5/c1-35-24-15-17(13-22-26(32)30-28(34)31(27(22)33)20-10-3-4-11-20)14-23(29)25(24)36-16-19-9-6-8-18-7-2-5-12-21(18)19/h2,5-9,12-15,20H,3-4,10-11,16H2,1H3,(H,30,32,34)/b22-13+. The molecule has 3 aromatic rings. The molecule has 2 aliphatic rings. The number of fused-ring (bicyclic) bond motifs is 1. The molecular weight excluding hydrogens is 480 g/mol. The van der Waals surface area contributed by atoms with Gasteiger partial charge in [-0.15, -0.1) is 0 Å². The van der Waals surface area contributed by atoms with Crippen molar-refractivity contribution < 1.29 is 23.9 Å². The highest BCUT2D eigenvalue weighted by Gasteiger charge is 2.40. The van der Waals surface area contributed by atoms with Crippen molar-refractivity contribution in [2.24, 2.45) is 0 Å². The lowest BCUT2D eigenvalue weighted by Gasteiger charge is -2.31. The van der Waals surface area contributed by atoms with Crippen LogP contribution in [0.15, 0.2) is 60.2 Å². The SMILES string of the molecule is COc1cc(/C=C2\C(=O)NC(=O)N(C3CCCC3)C2=O)cc(Cl)c1OCc1cccc2ccccc12. The molecule has 1 aliphatic heterocycles. The van der Waals surface area contributed by atoms with Gasteiger partial charge in [-0.05, 0) is 52.9 Å². The molecule has 1 heterocycles. The van der Waals surface area contributed by atoms with E-state index < -0.39 is 17.8 Å². The van der Waals surface area contributed by atoms with Crippen LogP contribution in [0.4, 0.5) is 4.79 Å². The van der Waals surface area contributed by atoms with Gasteiger partial charge < -0.3 is 9.47 Å².